The zero-order chi connectivity index (χ0) is 35.7. The van der Waals surface area contributed by atoms with E-state index in [0.29, 0.717) is 28.2 Å². The third-order valence-corrected chi connectivity index (χ3v) is 10.4. The van der Waals surface area contributed by atoms with Crippen molar-refractivity contribution >= 4 is 62.8 Å². The van der Waals surface area contributed by atoms with Crippen LogP contribution in [-0.4, -0.2) is 70.9 Å². The summed E-state index contributed by atoms with van der Waals surface area (Å²) in [5, 5.41) is 9.73. The molecule has 0 saturated carbocycles. The molecule has 2 aromatic heterocycles. The Labute approximate surface area is 306 Å². The van der Waals surface area contributed by atoms with Crippen molar-refractivity contribution in [3.05, 3.63) is 97.8 Å². The minimum Gasteiger partial charge on any atom is -0.497 e. The van der Waals surface area contributed by atoms with Crippen molar-refractivity contribution in [2.24, 2.45) is 0 Å². The standard InChI is InChI=1S/C36H34ClF2IN6O4/c1-20-15-28(45(18-22-5-9-24(49-3)10-6-22)19-23-7-11-25(50-4)12-8-23)41-33(31(20)40)29-27(37)16-26-32(30(29)38)42-35(39)43-34(26)46-14-13-44(36(47)48)17-21(46)2/h5-12,15-16,21H,13-14,17-19H2,1-4H3,(H,47,48)/t21-/m0/s1. The highest BCUT2D eigenvalue weighted by atomic mass is 127. The summed E-state index contributed by atoms with van der Waals surface area (Å²) in [6.45, 7) is 5.27. The Bertz CT molecular complexity index is 2010. The molecule has 10 nitrogen and oxygen atoms in total. The molecule has 1 N–H and O–H groups in total. The summed E-state index contributed by atoms with van der Waals surface area (Å²) < 4.78 is 43.2. The van der Waals surface area contributed by atoms with Gasteiger partial charge in [-0.2, -0.15) is 14.4 Å². The highest BCUT2D eigenvalue weighted by molar-refractivity contribution is 14.1. The number of methoxy groups -OCH3 is 2. The molecule has 0 bridgehead atoms. The summed E-state index contributed by atoms with van der Waals surface area (Å²) in [7, 11) is 3.23. The van der Waals surface area contributed by atoms with Crippen LogP contribution in [-0.2, 0) is 13.1 Å². The Morgan fingerprint density at radius 2 is 1.58 bits per heavy atom. The number of hydrogen-bond acceptors (Lipinski definition) is 8. The summed E-state index contributed by atoms with van der Waals surface area (Å²) >= 11 is 9.02. The molecule has 1 aliphatic rings. The van der Waals surface area contributed by atoms with Crippen LogP contribution in [0, 0.1) is 22.4 Å². The number of nitrogens with zero attached hydrogens (tertiary/aromatic N) is 6. The molecule has 0 aliphatic carbocycles. The van der Waals surface area contributed by atoms with Crippen LogP contribution < -0.4 is 19.3 Å². The fourth-order valence-electron chi connectivity index (χ4n) is 6.12. The van der Waals surface area contributed by atoms with E-state index in [1.807, 2.05) is 61.5 Å². The van der Waals surface area contributed by atoms with Crippen molar-refractivity contribution in [1.82, 2.24) is 19.9 Å². The molecule has 14 heteroatoms. The van der Waals surface area contributed by atoms with Crippen molar-refractivity contribution in [2.75, 3.05) is 43.7 Å². The summed E-state index contributed by atoms with van der Waals surface area (Å²) in [6, 6.07) is 18.6. The lowest BCUT2D eigenvalue weighted by Gasteiger charge is -2.39. The summed E-state index contributed by atoms with van der Waals surface area (Å²) in [5.74, 6) is 1.38. The number of fused-ring (bicyclic) bond motifs is 1. The predicted octanol–water partition coefficient (Wildman–Crippen LogP) is 7.95. The van der Waals surface area contributed by atoms with Gasteiger partial charge in [0.1, 0.15) is 28.7 Å². The van der Waals surface area contributed by atoms with Gasteiger partial charge in [0.15, 0.2) is 5.82 Å². The van der Waals surface area contributed by atoms with Crippen LogP contribution in [0.25, 0.3) is 22.2 Å². The second-order valence-electron chi connectivity index (χ2n) is 12.0. The molecule has 3 aromatic carbocycles. The number of aryl methyl sites for hydroxylation is 1. The molecular formula is C36H34ClF2IN6O4. The molecule has 260 valence electrons. The van der Waals surface area contributed by atoms with Crippen LogP contribution >= 0.6 is 34.2 Å². The first kappa shape index (κ1) is 35.3. The van der Waals surface area contributed by atoms with Crippen molar-refractivity contribution in [3.8, 4) is 22.8 Å². The molecular weight excluding hydrogens is 781 g/mol. The zero-order valence-corrected chi connectivity index (χ0v) is 30.7. The van der Waals surface area contributed by atoms with Gasteiger partial charge < -0.3 is 29.3 Å². The van der Waals surface area contributed by atoms with Crippen LogP contribution in [0.1, 0.15) is 23.6 Å². The van der Waals surface area contributed by atoms with E-state index in [9.17, 15) is 9.90 Å². The lowest BCUT2D eigenvalue weighted by Crippen LogP contribution is -2.53. The molecule has 1 aliphatic heterocycles. The largest absolute Gasteiger partial charge is 0.497 e. The molecule has 6 rings (SSSR count). The summed E-state index contributed by atoms with van der Waals surface area (Å²) in [6.07, 6.45) is -2.15. The number of rotatable bonds is 9. The fourth-order valence-corrected chi connectivity index (χ4v) is 6.95. The monoisotopic (exact) mass is 814 g/mol. The SMILES string of the molecule is COc1ccc(CN(Cc2ccc(OC)cc2)c2cc(C)c(I)c(-c3c(Cl)cc4c(N5CCN(C(=O)O)C[C@@H]5C)nc(F)nc4c3F)n2)cc1. The van der Waals surface area contributed by atoms with E-state index in [1.54, 1.807) is 26.0 Å². The van der Waals surface area contributed by atoms with E-state index in [1.165, 1.54) is 11.0 Å². The van der Waals surface area contributed by atoms with E-state index < -0.39 is 18.0 Å². The number of anilines is 2. The van der Waals surface area contributed by atoms with Crippen LogP contribution in [0.4, 0.5) is 25.2 Å². The number of piperazine rings is 1. The highest BCUT2D eigenvalue weighted by Crippen LogP contribution is 2.41. The Morgan fingerprint density at radius 3 is 2.12 bits per heavy atom. The van der Waals surface area contributed by atoms with Crippen LogP contribution in [0.2, 0.25) is 5.02 Å². The van der Waals surface area contributed by atoms with E-state index in [2.05, 4.69) is 37.5 Å². The first-order valence-corrected chi connectivity index (χ1v) is 17.2. The number of carboxylic acid groups (broad SMARTS) is 1. The predicted molar refractivity (Wildman–Crippen MR) is 197 cm³/mol. The molecule has 1 fully saturated rings. The number of ether oxygens (including phenoxy) is 2. The first-order chi connectivity index (χ1) is 24.0. The van der Waals surface area contributed by atoms with Crippen molar-refractivity contribution < 1.29 is 28.2 Å². The first-order valence-electron chi connectivity index (χ1n) is 15.8. The minimum atomic E-state index is -1.11. The third-order valence-electron chi connectivity index (χ3n) is 8.76. The molecule has 0 radical (unpaired) electrons. The van der Waals surface area contributed by atoms with E-state index in [-0.39, 0.29) is 53.0 Å². The normalized spacial score (nSPS) is 14.6. The summed E-state index contributed by atoms with van der Waals surface area (Å²) in [5.41, 5.74) is 2.90. The fraction of sp³-hybridized carbons (Fsp3) is 0.278. The third kappa shape index (κ3) is 7.20. The van der Waals surface area contributed by atoms with Crippen molar-refractivity contribution in [1.29, 1.82) is 0 Å². The topological polar surface area (TPSA) is 104 Å². The quantitative estimate of drug-likeness (QED) is 0.117. The lowest BCUT2D eigenvalue weighted by atomic mass is 10.0. The Balaban J connectivity index is 1.45. The Hall–Kier alpha value is -4.50. The number of pyridine rings is 1. The van der Waals surface area contributed by atoms with Gasteiger partial charge in [0.2, 0.25) is 0 Å². The lowest BCUT2D eigenvalue weighted by molar-refractivity contribution is 0.136. The molecule has 1 amide bonds. The maximum Gasteiger partial charge on any atom is 0.407 e. The summed E-state index contributed by atoms with van der Waals surface area (Å²) in [4.78, 5) is 29.6. The average molecular weight is 815 g/mol. The van der Waals surface area contributed by atoms with Crippen LogP contribution in [0.5, 0.6) is 11.5 Å². The molecule has 0 unspecified atom stereocenters. The number of amides is 1. The number of hydrogen-bond donors (Lipinski definition) is 1. The van der Waals surface area contributed by atoms with Gasteiger partial charge in [-0.15, -0.1) is 0 Å². The second kappa shape index (κ2) is 14.8. The number of aromatic nitrogens is 3. The van der Waals surface area contributed by atoms with Crippen molar-refractivity contribution in [3.63, 3.8) is 0 Å². The molecule has 1 saturated heterocycles. The van der Waals surface area contributed by atoms with Gasteiger partial charge in [-0.3, -0.25) is 0 Å². The Kier molecular flexibility index (Phi) is 10.4. The minimum absolute atomic E-state index is 0.00448. The molecule has 1 atom stereocenters. The smallest absolute Gasteiger partial charge is 0.407 e. The van der Waals surface area contributed by atoms with E-state index in [4.69, 9.17) is 26.1 Å². The second-order valence-corrected chi connectivity index (χ2v) is 13.5. The Morgan fingerprint density at radius 1 is 0.980 bits per heavy atom. The maximum atomic E-state index is 16.8. The molecule has 5 aromatic rings. The van der Waals surface area contributed by atoms with Crippen LogP contribution in [0.15, 0.2) is 60.7 Å². The van der Waals surface area contributed by atoms with Crippen molar-refractivity contribution in [2.45, 2.75) is 33.0 Å². The van der Waals surface area contributed by atoms with Gasteiger partial charge in [0.25, 0.3) is 0 Å². The maximum absolute atomic E-state index is 16.8. The zero-order valence-electron chi connectivity index (χ0n) is 27.8. The van der Waals surface area contributed by atoms with Gasteiger partial charge in [-0.05, 0) is 89.5 Å². The van der Waals surface area contributed by atoms with Gasteiger partial charge in [-0.1, -0.05) is 35.9 Å². The van der Waals surface area contributed by atoms with Gasteiger partial charge in [-0.25, -0.2) is 14.2 Å². The highest BCUT2D eigenvalue weighted by Gasteiger charge is 2.31. The van der Waals surface area contributed by atoms with Crippen LogP contribution in [0.3, 0.4) is 0 Å². The number of carbonyl (C=O) groups is 1. The van der Waals surface area contributed by atoms with E-state index in [0.717, 1.165) is 28.2 Å². The van der Waals surface area contributed by atoms with Gasteiger partial charge >= 0.3 is 12.2 Å². The number of benzene rings is 3. The molecule has 50 heavy (non-hydrogen) atoms. The molecule has 3 heterocycles. The van der Waals surface area contributed by atoms with Gasteiger partial charge in [0, 0.05) is 47.7 Å². The van der Waals surface area contributed by atoms with E-state index >= 15 is 8.78 Å². The molecule has 0 spiro atoms. The number of halogens is 4. The van der Waals surface area contributed by atoms with Gasteiger partial charge in [0.05, 0.1) is 30.5 Å². The average Bonchev–Trinajstić information content (AvgIpc) is 3.10.